The Kier molecular flexibility index (Phi) is 6.01. The Balaban J connectivity index is 1.77. The first-order chi connectivity index (χ1) is 13.6. The molecule has 28 heavy (non-hydrogen) atoms. The van der Waals surface area contributed by atoms with Gasteiger partial charge in [0, 0.05) is 29.8 Å². The average molecular weight is 375 g/mol. The van der Waals surface area contributed by atoms with Crippen LogP contribution in [0.1, 0.15) is 27.8 Å². The van der Waals surface area contributed by atoms with E-state index in [2.05, 4.69) is 26.9 Å². The van der Waals surface area contributed by atoms with Gasteiger partial charge in [0.25, 0.3) is 5.91 Å². The Bertz CT molecular complexity index is 956. The highest BCUT2D eigenvalue weighted by molar-refractivity contribution is 6.03. The third-order valence-electron chi connectivity index (χ3n) is 4.24. The molecule has 1 heterocycles. The highest BCUT2D eigenvalue weighted by Gasteiger charge is 2.13. The Morgan fingerprint density at radius 3 is 2.36 bits per heavy atom. The minimum absolute atomic E-state index is 0.309. The van der Waals surface area contributed by atoms with Crippen LogP contribution in [0.2, 0.25) is 0 Å². The van der Waals surface area contributed by atoms with Gasteiger partial charge in [-0.2, -0.15) is 0 Å². The van der Waals surface area contributed by atoms with E-state index in [0.29, 0.717) is 16.9 Å². The first kappa shape index (κ1) is 19.1. The predicted octanol–water partition coefficient (Wildman–Crippen LogP) is 4.28. The molecule has 0 bridgehead atoms. The number of pyridine rings is 1. The van der Waals surface area contributed by atoms with Crippen molar-refractivity contribution in [3.63, 3.8) is 0 Å². The zero-order valence-electron chi connectivity index (χ0n) is 15.8. The molecule has 0 aliphatic heterocycles. The Morgan fingerprint density at radius 1 is 1.00 bits per heavy atom. The molecule has 0 aliphatic rings. The highest BCUT2D eigenvalue weighted by Crippen LogP contribution is 2.25. The fourth-order valence-electron chi connectivity index (χ4n) is 2.84. The van der Waals surface area contributed by atoms with E-state index in [9.17, 15) is 9.59 Å². The lowest BCUT2D eigenvalue weighted by atomic mass is 10.2. The molecule has 0 radical (unpaired) electrons. The summed E-state index contributed by atoms with van der Waals surface area (Å²) < 4.78 is 4.67. The number of hydrogen-bond donors (Lipinski definition) is 1. The van der Waals surface area contributed by atoms with Crippen LogP contribution in [-0.2, 0) is 4.74 Å². The highest BCUT2D eigenvalue weighted by atomic mass is 16.5. The van der Waals surface area contributed by atoms with Gasteiger partial charge < -0.3 is 15.0 Å². The Labute approximate surface area is 163 Å². The summed E-state index contributed by atoms with van der Waals surface area (Å²) in [6.45, 7) is 2.81. The first-order valence-corrected chi connectivity index (χ1v) is 8.90. The number of benzene rings is 2. The number of rotatable bonds is 6. The zero-order chi connectivity index (χ0) is 19.9. The number of methoxy groups -OCH3 is 1. The molecule has 1 N–H and O–H groups in total. The monoisotopic (exact) mass is 375 g/mol. The molecular formula is C22H21N3O3. The third-order valence-corrected chi connectivity index (χ3v) is 4.24. The van der Waals surface area contributed by atoms with Gasteiger partial charge in [-0.1, -0.05) is 18.2 Å². The minimum atomic E-state index is -0.423. The average Bonchev–Trinajstić information content (AvgIpc) is 2.75. The van der Waals surface area contributed by atoms with Gasteiger partial charge in [-0.25, -0.2) is 4.79 Å². The zero-order valence-corrected chi connectivity index (χ0v) is 15.8. The number of esters is 1. The maximum absolute atomic E-state index is 12.6. The van der Waals surface area contributed by atoms with Crippen molar-refractivity contribution in [1.82, 2.24) is 4.98 Å². The van der Waals surface area contributed by atoms with E-state index in [-0.39, 0.29) is 5.91 Å². The van der Waals surface area contributed by atoms with Gasteiger partial charge in [0.15, 0.2) is 0 Å². The van der Waals surface area contributed by atoms with Crippen molar-refractivity contribution >= 4 is 28.9 Å². The summed E-state index contributed by atoms with van der Waals surface area (Å²) >= 11 is 0. The molecule has 3 aromatic rings. The maximum Gasteiger partial charge on any atom is 0.337 e. The summed E-state index contributed by atoms with van der Waals surface area (Å²) in [5.41, 5.74) is 3.22. The number of para-hydroxylation sites is 1. The summed E-state index contributed by atoms with van der Waals surface area (Å²) in [6, 6.07) is 20.1. The van der Waals surface area contributed by atoms with E-state index in [0.717, 1.165) is 17.9 Å². The van der Waals surface area contributed by atoms with Gasteiger partial charge in [-0.3, -0.25) is 9.78 Å². The Morgan fingerprint density at radius 2 is 1.71 bits per heavy atom. The van der Waals surface area contributed by atoms with Crippen molar-refractivity contribution in [2.75, 3.05) is 23.9 Å². The number of hydrogen-bond acceptors (Lipinski definition) is 5. The number of amides is 1. The minimum Gasteiger partial charge on any atom is -0.465 e. The van der Waals surface area contributed by atoms with E-state index in [1.165, 1.54) is 7.11 Å². The van der Waals surface area contributed by atoms with Gasteiger partial charge in [-0.15, -0.1) is 0 Å². The lowest BCUT2D eigenvalue weighted by Crippen LogP contribution is -2.18. The van der Waals surface area contributed by atoms with Crippen LogP contribution in [0.15, 0.2) is 72.9 Å². The molecule has 6 heteroatoms. The first-order valence-electron chi connectivity index (χ1n) is 8.90. The normalized spacial score (nSPS) is 10.2. The molecule has 2 aromatic carbocycles. The standard InChI is InChI=1S/C22H21N3O3/c1-3-25(18-7-5-4-6-8-18)19-13-14-23-20(15-19)21(26)24-17-11-9-16(10-12-17)22(27)28-2/h4-15H,3H2,1-2H3,(H,24,26). The Hall–Kier alpha value is -3.67. The molecule has 0 fully saturated rings. The molecule has 0 spiro atoms. The third kappa shape index (κ3) is 4.35. The quantitative estimate of drug-likeness (QED) is 0.651. The molecule has 142 valence electrons. The van der Waals surface area contributed by atoms with Crippen molar-refractivity contribution in [3.05, 3.63) is 84.2 Å². The molecule has 0 atom stereocenters. The number of ether oxygens (including phenoxy) is 1. The molecule has 0 unspecified atom stereocenters. The molecule has 3 rings (SSSR count). The predicted molar refractivity (Wildman–Crippen MR) is 109 cm³/mol. The molecule has 0 saturated heterocycles. The van der Waals surface area contributed by atoms with E-state index < -0.39 is 5.97 Å². The lowest BCUT2D eigenvalue weighted by Gasteiger charge is -2.23. The van der Waals surface area contributed by atoms with E-state index in [4.69, 9.17) is 0 Å². The van der Waals surface area contributed by atoms with Crippen LogP contribution in [0.3, 0.4) is 0 Å². The molecule has 6 nitrogen and oxygen atoms in total. The van der Waals surface area contributed by atoms with Gasteiger partial charge >= 0.3 is 5.97 Å². The second kappa shape index (κ2) is 8.81. The van der Waals surface area contributed by atoms with Crippen LogP contribution in [0.5, 0.6) is 0 Å². The lowest BCUT2D eigenvalue weighted by molar-refractivity contribution is 0.0600. The van der Waals surface area contributed by atoms with Crippen molar-refractivity contribution in [2.24, 2.45) is 0 Å². The van der Waals surface area contributed by atoms with Crippen molar-refractivity contribution < 1.29 is 14.3 Å². The molecular weight excluding hydrogens is 354 g/mol. The molecule has 0 aliphatic carbocycles. The number of nitrogens with zero attached hydrogens (tertiary/aromatic N) is 2. The van der Waals surface area contributed by atoms with Crippen LogP contribution in [-0.4, -0.2) is 30.5 Å². The smallest absolute Gasteiger partial charge is 0.337 e. The van der Waals surface area contributed by atoms with Crippen molar-refractivity contribution in [2.45, 2.75) is 6.92 Å². The second-order valence-corrected chi connectivity index (χ2v) is 6.00. The van der Waals surface area contributed by atoms with Gasteiger partial charge in [0.05, 0.1) is 12.7 Å². The second-order valence-electron chi connectivity index (χ2n) is 6.00. The summed E-state index contributed by atoms with van der Waals surface area (Å²) in [7, 11) is 1.33. The van der Waals surface area contributed by atoms with Gasteiger partial charge in [0.2, 0.25) is 0 Å². The van der Waals surface area contributed by atoms with E-state index in [1.807, 2.05) is 36.4 Å². The molecule has 1 amide bonds. The number of nitrogens with one attached hydrogen (secondary N) is 1. The summed E-state index contributed by atoms with van der Waals surface area (Å²) in [5, 5.41) is 2.79. The fourth-order valence-corrected chi connectivity index (χ4v) is 2.84. The fraction of sp³-hybridized carbons (Fsp3) is 0.136. The summed E-state index contributed by atoms with van der Waals surface area (Å²) in [6.07, 6.45) is 1.62. The number of aromatic nitrogens is 1. The van der Waals surface area contributed by atoms with E-state index in [1.54, 1.807) is 36.5 Å². The van der Waals surface area contributed by atoms with Crippen molar-refractivity contribution in [1.29, 1.82) is 0 Å². The topological polar surface area (TPSA) is 71.5 Å². The largest absolute Gasteiger partial charge is 0.465 e. The van der Waals surface area contributed by atoms with Crippen LogP contribution < -0.4 is 10.2 Å². The van der Waals surface area contributed by atoms with Crippen LogP contribution in [0.25, 0.3) is 0 Å². The summed E-state index contributed by atoms with van der Waals surface area (Å²) in [4.78, 5) is 30.4. The van der Waals surface area contributed by atoms with Crippen LogP contribution in [0, 0.1) is 0 Å². The number of anilines is 3. The van der Waals surface area contributed by atoms with Crippen molar-refractivity contribution in [3.8, 4) is 0 Å². The number of carbonyl (C=O) groups is 2. The SMILES string of the molecule is CCN(c1ccccc1)c1ccnc(C(=O)Nc2ccc(C(=O)OC)cc2)c1. The van der Waals surface area contributed by atoms with E-state index >= 15 is 0 Å². The van der Waals surface area contributed by atoms with Crippen LogP contribution >= 0.6 is 0 Å². The summed E-state index contributed by atoms with van der Waals surface area (Å²) in [5.74, 6) is -0.746. The molecule has 1 aromatic heterocycles. The maximum atomic E-state index is 12.6. The molecule has 0 saturated carbocycles. The number of carbonyl (C=O) groups excluding carboxylic acids is 2. The van der Waals surface area contributed by atoms with Gasteiger partial charge in [-0.05, 0) is 55.5 Å². The van der Waals surface area contributed by atoms with Gasteiger partial charge in [0.1, 0.15) is 5.69 Å². The van der Waals surface area contributed by atoms with Crippen LogP contribution in [0.4, 0.5) is 17.1 Å².